The molecule has 1 aliphatic heterocycles. The highest BCUT2D eigenvalue weighted by Crippen LogP contribution is 2.26. The van der Waals surface area contributed by atoms with Crippen LogP contribution in [0.3, 0.4) is 0 Å². The van der Waals surface area contributed by atoms with Crippen LogP contribution in [0.2, 0.25) is 0 Å². The minimum Gasteiger partial charge on any atom is -0.377 e. The Hall–Kier alpha value is -2.93. The Morgan fingerprint density at radius 1 is 1.20 bits per heavy atom. The van der Waals surface area contributed by atoms with Gasteiger partial charge < -0.3 is 19.9 Å². The quantitative estimate of drug-likeness (QED) is 0.752. The number of carbonyl (C=O) groups excluding carboxylic acids is 2. The first-order valence-corrected chi connectivity index (χ1v) is 10.1. The van der Waals surface area contributed by atoms with Crippen LogP contribution < -0.4 is 10.2 Å². The molecule has 2 aromatic rings. The van der Waals surface area contributed by atoms with Crippen molar-refractivity contribution in [3.63, 3.8) is 0 Å². The predicted molar refractivity (Wildman–Crippen MR) is 115 cm³/mol. The molecule has 0 unspecified atom stereocenters. The maximum atomic E-state index is 13.4. The fourth-order valence-corrected chi connectivity index (χ4v) is 3.60. The molecular formula is C23H28FN3O3. The van der Waals surface area contributed by atoms with E-state index in [1.165, 1.54) is 18.2 Å². The summed E-state index contributed by atoms with van der Waals surface area (Å²) in [4.78, 5) is 28.5. The lowest BCUT2D eigenvalue weighted by molar-refractivity contribution is -0.131. The first kappa shape index (κ1) is 21.8. The van der Waals surface area contributed by atoms with Crippen molar-refractivity contribution in [1.82, 2.24) is 4.90 Å². The fraction of sp³-hybridized carbons (Fsp3) is 0.391. The maximum Gasteiger partial charge on any atom is 0.255 e. The zero-order chi connectivity index (χ0) is 21.7. The van der Waals surface area contributed by atoms with Crippen molar-refractivity contribution in [2.45, 2.75) is 32.4 Å². The molecule has 0 radical (unpaired) electrons. The van der Waals surface area contributed by atoms with Gasteiger partial charge in [-0.2, -0.15) is 0 Å². The van der Waals surface area contributed by atoms with Crippen LogP contribution in [0.4, 0.5) is 15.8 Å². The van der Waals surface area contributed by atoms with Gasteiger partial charge in [-0.3, -0.25) is 9.59 Å². The molecule has 0 saturated carbocycles. The maximum absolute atomic E-state index is 13.4. The molecule has 30 heavy (non-hydrogen) atoms. The van der Waals surface area contributed by atoms with Gasteiger partial charge in [0.05, 0.1) is 6.10 Å². The summed E-state index contributed by atoms with van der Waals surface area (Å²) in [5, 5.41) is 2.82. The highest BCUT2D eigenvalue weighted by Gasteiger charge is 2.22. The number of halogens is 1. The summed E-state index contributed by atoms with van der Waals surface area (Å²) in [6, 6.07) is 11.1. The van der Waals surface area contributed by atoms with Crippen molar-refractivity contribution < 1.29 is 18.7 Å². The van der Waals surface area contributed by atoms with Gasteiger partial charge in [-0.1, -0.05) is 6.07 Å². The number of benzene rings is 2. The number of carbonyl (C=O) groups is 2. The van der Waals surface area contributed by atoms with Gasteiger partial charge in [-0.05, 0) is 54.8 Å². The number of nitrogens with zero attached hydrogens (tertiary/aromatic N) is 2. The van der Waals surface area contributed by atoms with E-state index < -0.39 is 5.82 Å². The van der Waals surface area contributed by atoms with Gasteiger partial charge in [-0.15, -0.1) is 0 Å². The second-order valence-electron chi connectivity index (χ2n) is 7.74. The Labute approximate surface area is 176 Å². The number of amides is 2. The lowest BCUT2D eigenvalue weighted by Crippen LogP contribution is -2.35. The van der Waals surface area contributed by atoms with E-state index in [0.29, 0.717) is 18.8 Å². The molecule has 1 N–H and O–H groups in total. The third-order valence-electron chi connectivity index (χ3n) is 5.16. The van der Waals surface area contributed by atoms with Gasteiger partial charge in [0.25, 0.3) is 5.91 Å². The molecule has 1 heterocycles. The Kier molecular flexibility index (Phi) is 7.05. The second kappa shape index (κ2) is 9.71. The molecule has 160 valence electrons. The summed E-state index contributed by atoms with van der Waals surface area (Å²) in [7, 11) is 3.87. The van der Waals surface area contributed by atoms with Crippen LogP contribution in [0.1, 0.15) is 35.7 Å². The van der Waals surface area contributed by atoms with Crippen LogP contribution in [0, 0.1) is 5.82 Å². The van der Waals surface area contributed by atoms with E-state index in [9.17, 15) is 14.0 Å². The Bertz CT molecular complexity index is 910. The van der Waals surface area contributed by atoms with Gasteiger partial charge in [0, 0.05) is 57.7 Å². The van der Waals surface area contributed by atoms with Crippen LogP contribution in [-0.4, -0.2) is 50.1 Å². The summed E-state index contributed by atoms with van der Waals surface area (Å²) in [6.07, 6.45) is 2.03. The molecule has 3 rings (SSSR count). The molecule has 1 saturated heterocycles. The lowest BCUT2D eigenvalue weighted by Gasteiger charge is -2.27. The topological polar surface area (TPSA) is 61.9 Å². The largest absolute Gasteiger partial charge is 0.377 e. The van der Waals surface area contributed by atoms with Crippen molar-refractivity contribution in [3.05, 3.63) is 59.4 Å². The van der Waals surface area contributed by atoms with Crippen molar-refractivity contribution in [3.8, 4) is 0 Å². The molecule has 7 heteroatoms. The van der Waals surface area contributed by atoms with Crippen LogP contribution in [0.5, 0.6) is 0 Å². The lowest BCUT2D eigenvalue weighted by atomic mass is 10.1. The standard InChI is InChI=1S/C23H28FN3O3/c1-16(28)27(15-21-8-5-11-30-21)14-18-13-20(9-10-22(18)26(2)3)25-23(29)17-6-4-7-19(24)12-17/h4,6-7,9-10,12-13,21H,5,8,11,14-15H2,1-3H3,(H,25,29)/t21-/m0/s1. The third kappa shape index (κ3) is 5.57. The van der Waals surface area contributed by atoms with Crippen molar-refractivity contribution in [2.24, 2.45) is 0 Å². The van der Waals surface area contributed by atoms with E-state index >= 15 is 0 Å². The Morgan fingerprint density at radius 3 is 2.63 bits per heavy atom. The Morgan fingerprint density at radius 2 is 2.00 bits per heavy atom. The van der Waals surface area contributed by atoms with E-state index in [-0.39, 0.29) is 23.5 Å². The molecule has 0 aliphatic carbocycles. The van der Waals surface area contributed by atoms with E-state index in [4.69, 9.17) is 4.74 Å². The van der Waals surface area contributed by atoms with Crippen molar-refractivity contribution in [2.75, 3.05) is 37.5 Å². The third-order valence-corrected chi connectivity index (χ3v) is 5.16. The highest BCUT2D eigenvalue weighted by molar-refractivity contribution is 6.04. The minimum absolute atomic E-state index is 0.0237. The summed E-state index contributed by atoms with van der Waals surface area (Å²) >= 11 is 0. The molecule has 2 amide bonds. The molecule has 1 atom stereocenters. The smallest absolute Gasteiger partial charge is 0.255 e. The number of rotatable bonds is 7. The first-order chi connectivity index (χ1) is 14.3. The monoisotopic (exact) mass is 413 g/mol. The van der Waals surface area contributed by atoms with Crippen LogP contribution in [-0.2, 0) is 16.1 Å². The van der Waals surface area contributed by atoms with Crippen molar-refractivity contribution in [1.29, 1.82) is 0 Å². The van der Waals surface area contributed by atoms with Gasteiger partial charge in [0.2, 0.25) is 5.91 Å². The first-order valence-electron chi connectivity index (χ1n) is 10.1. The predicted octanol–water partition coefficient (Wildman–Crippen LogP) is 3.67. The zero-order valence-corrected chi connectivity index (χ0v) is 17.7. The average molecular weight is 413 g/mol. The molecule has 1 aliphatic rings. The second-order valence-corrected chi connectivity index (χ2v) is 7.74. The summed E-state index contributed by atoms with van der Waals surface area (Å²) in [5.41, 5.74) is 2.70. The summed E-state index contributed by atoms with van der Waals surface area (Å²) in [6.45, 7) is 3.25. The SMILES string of the molecule is CC(=O)N(Cc1cc(NC(=O)c2cccc(F)c2)ccc1N(C)C)C[C@@H]1CCCO1. The van der Waals surface area contributed by atoms with Gasteiger partial charge in [-0.25, -0.2) is 4.39 Å². The van der Waals surface area contributed by atoms with E-state index in [0.717, 1.165) is 30.7 Å². The molecule has 1 fully saturated rings. The zero-order valence-electron chi connectivity index (χ0n) is 17.7. The normalized spacial score (nSPS) is 15.7. The van der Waals surface area contributed by atoms with Gasteiger partial charge in [0.15, 0.2) is 0 Å². The fourth-order valence-electron chi connectivity index (χ4n) is 3.60. The number of anilines is 2. The molecule has 0 aromatic heterocycles. The van der Waals surface area contributed by atoms with Gasteiger partial charge in [0.1, 0.15) is 5.82 Å². The molecule has 0 bridgehead atoms. The average Bonchev–Trinajstić information content (AvgIpc) is 3.20. The summed E-state index contributed by atoms with van der Waals surface area (Å²) < 4.78 is 19.1. The van der Waals surface area contributed by atoms with E-state index in [2.05, 4.69) is 5.32 Å². The molecule has 0 spiro atoms. The van der Waals surface area contributed by atoms with Gasteiger partial charge >= 0.3 is 0 Å². The number of nitrogens with one attached hydrogen (secondary N) is 1. The van der Waals surface area contributed by atoms with E-state index in [1.807, 2.05) is 31.1 Å². The van der Waals surface area contributed by atoms with E-state index in [1.54, 1.807) is 24.0 Å². The van der Waals surface area contributed by atoms with Crippen LogP contribution in [0.25, 0.3) is 0 Å². The number of ether oxygens (including phenoxy) is 1. The Balaban J connectivity index is 1.81. The number of hydrogen-bond acceptors (Lipinski definition) is 4. The number of hydrogen-bond donors (Lipinski definition) is 1. The van der Waals surface area contributed by atoms with Crippen LogP contribution in [0.15, 0.2) is 42.5 Å². The highest BCUT2D eigenvalue weighted by atomic mass is 19.1. The van der Waals surface area contributed by atoms with Crippen LogP contribution >= 0.6 is 0 Å². The minimum atomic E-state index is -0.461. The molecule has 6 nitrogen and oxygen atoms in total. The molecule has 2 aromatic carbocycles. The van der Waals surface area contributed by atoms with Crippen molar-refractivity contribution >= 4 is 23.2 Å². The molecular weight excluding hydrogens is 385 g/mol. The summed E-state index contributed by atoms with van der Waals surface area (Å²) in [5.74, 6) is -0.872.